The molecule has 0 aromatic carbocycles. The molecule has 0 aliphatic rings. The Bertz CT molecular complexity index is 266. The molecule has 1 heterocycles. The summed E-state index contributed by atoms with van der Waals surface area (Å²) < 4.78 is 24.9. The van der Waals surface area contributed by atoms with Gasteiger partial charge in [-0.3, -0.25) is 4.79 Å². The van der Waals surface area contributed by atoms with Crippen LogP contribution in [0.25, 0.3) is 0 Å². The van der Waals surface area contributed by atoms with Crippen molar-refractivity contribution in [2.75, 3.05) is 0 Å². The Hall–Kier alpha value is -0.840. The number of carbonyl (C=O) groups excluding carboxylic acids is 1. The fourth-order valence-electron chi connectivity index (χ4n) is 0.544. The van der Waals surface area contributed by atoms with E-state index in [1.54, 1.807) is 0 Å². The molecular formula is C6H5F2NOS. The van der Waals surface area contributed by atoms with Gasteiger partial charge in [-0.25, -0.2) is 4.98 Å². The lowest BCUT2D eigenvalue weighted by atomic mass is 10.4. The molecule has 0 unspecified atom stereocenters. The van der Waals surface area contributed by atoms with Gasteiger partial charge in [-0.2, -0.15) is 8.78 Å². The summed E-state index contributed by atoms with van der Waals surface area (Å²) in [7, 11) is 0. The highest BCUT2D eigenvalue weighted by Crippen LogP contribution is 2.29. The summed E-state index contributed by atoms with van der Waals surface area (Å²) >= 11 is 0.711. The van der Waals surface area contributed by atoms with E-state index in [9.17, 15) is 13.6 Å². The van der Waals surface area contributed by atoms with Gasteiger partial charge < -0.3 is 0 Å². The van der Waals surface area contributed by atoms with Crippen molar-refractivity contribution in [2.24, 2.45) is 0 Å². The number of aromatic nitrogens is 1. The number of thiazole rings is 1. The van der Waals surface area contributed by atoms with Crippen LogP contribution in [0.1, 0.15) is 21.6 Å². The summed E-state index contributed by atoms with van der Waals surface area (Å²) in [6, 6.07) is 0. The molecule has 60 valence electrons. The molecule has 0 saturated carbocycles. The van der Waals surface area contributed by atoms with E-state index < -0.39 is 5.92 Å². The predicted octanol–water partition coefficient (Wildman–Crippen LogP) is 2.07. The Morgan fingerprint density at radius 3 is 2.64 bits per heavy atom. The molecule has 1 aromatic rings. The SMILES string of the molecule is CC(F)(F)c1ncc(C=O)s1. The van der Waals surface area contributed by atoms with Crippen LogP contribution in [0.5, 0.6) is 0 Å². The van der Waals surface area contributed by atoms with E-state index >= 15 is 0 Å². The van der Waals surface area contributed by atoms with Gasteiger partial charge in [0, 0.05) is 13.1 Å². The van der Waals surface area contributed by atoms with Crippen LogP contribution in [0.2, 0.25) is 0 Å². The van der Waals surface area contributed by atoms with Gasteiger partial charge in [-0.15, -0.1) is 11.3 Å². The van der Waals surface area contributed by atoms with Gasteiger partial charge in [0.1, 0.15) is 0 Å². The zero-order chi connectivity index (χ0) is 8.48. The van der Waals surface area contributed by atoms with Crippen molar-refractivity contribution in [3.63, 3.8) is 0 Å². The average Bonchev–Trinajstić information content (AvgIpc) is 2.32. The molecule has 0 N–H and O–H groups in total. The summed E-state index contributed by atoms with van der Waals surface area (Å²) in [5, 5.41) is -0.320. The maximum atomic E-state index is 12.4. The summed E-state index contributed by atoms with van der Waals surface area (Å²) in [6.45, 7) is 0.750. The van der Waals surface area contributed by atoms with Crippen LogP contribution in [0.3, 0.4) is 0 Å². The van der Waals surface area contributed by atoms with Crippen LogP contribution < -0.4 is 0 Å². The normalized spacial score (nSPS) is 11.5. The molecular weight excluding hydrogens is 172 g/mol. The molecule has 5 heteroatoms. The molecule has 0 radical (unpaired) electrons. The second kappa shape index (κ2) is 2.65. The van der Waals surface area contributed by atoms with Crippen LogP contribution >= 0.6 is 11.3 Å². The number of alkyl halides is 2. The average molecular weight is 177 g/mol. The zero-order valence-corrected chi connectivity index (χ0v) is 6.49. The molecule has 0 bridgehead atoms. The third-order valence-electron chi connectivity index (χ3n) is 1.02. The lowest BCUT2D eigenvalue weighted by Gasteiger charge is -2.03. The maximum Gasteiger partial charge on any atom is 0.296 e. The van der Waals surface area contributed by atoms with Gasteiger partial charge in [0.25, 0.3) is 5.92 Å². The molecule has 0 saturated heterocycles. The molecule has 0 amide bonds. The maximum absolute atomic E-state index is 12.4. The highest BCUT2D eigenvalue weighted by atomic mass is 32.1. The Kier molecular flexibility index (Phi) is 1.99. The van der Waals surface area contributed by atoms with Crippen molar-refractivity contribution in [3.05, 3.63) is 16.1 Å². The molecule has 1 aromatic heterocycles. The second-order valence-electron chi connectivity index (χ2n) is 2.07. The van der Waals surface area contributed by atoms with E-state index in [1.807, 2.05) is 0 Å². The number of hydrogen-bond acceptors (Lipinski definition) is 3. The van der Waals surface area contributed by atoms with Crippen LogP contribution in [-0.2, 0) is 5.92 Å². The summed E-state index contributed by atoms with van der Waals surface area (Å²) in [4.78, 5) is 13.7. The molecule has 1 rings (SSSR count). The summed E-state index contributed by atoms with van der Waals surface area (Å²) in [5.41, 5.74) is 0. The van der Waals surface area contributed by atoms with Crippen molar-refractivity contribution in [3.8, 4) is 0 Å². The third-order valence-corrected chi connectivity index (χ3v) is 2.11. The van der Waals surface area contributed by atoms with E-state index in [2.05, 4.69) is 4.98 Å². The highest BCUT2D eigenvalue weighted by molar-refractivity contribution is 7.13. The number of rotatable bonds is 2. The number of nitrogens with zero attached hydrogens (tertiary/aromatic N) is 1. The number of halogens is 2. The van der Waals surface area contributed by atoms with Crippen LogP contribution in [0, 0.1) is 0 Å². The zero-order valence-electron chi connectivity index (χ0n) is 5.67. The molecule has 0 aliphatic heterocycles. The molecule has 0 spiro atoms. The minimum Gasteiger partial charge on any atom is -0.297 e. The van der Waals surface area contributed by atoms with E-state index in [0.717, 1.165) is 13.1 Å². The third kappa shape index (κ3) is 1.80. The first kappa shape index (κ1) is 8.26. The minimum atomic E-state index is -2.94. The monoisotopic (exact) mass is 177 g/mol. The highest BCUT2D eigenvalue weighted by Gasteiger charge is 2.28. The van der Waals surface area contributed by atoms with Crippen LogP contribution in [0.4, 0.5) is 8.78 Å². The summed E-state index contributed by atoms with van der Waals surface area (Å²) in [6.07, 6.45) is 1.65. The molecule has 11 heavy (non-hydrogen) atoms. The van der Waals surface area contributed by atoms with E-state index in [-0.39, 0.29) is 9.88 Å². The van der Waals surface area contributed by atoms with Crippen molar-refractivity contribution in [1.82, 2.24) is 4.98 Å². The molecule has 0 fully saturated rings. The number of aldehydes is 1. The fourth-order valence-corrected chi connectivity index (χ4v) is 1.21. The Morgan fingerprint density at radius 2 is 2.36 bits per heavy atom. The standard InChI is InChI=1S/C6H5F2NOS/c1-6(7,8)5-9-2-4(3-10)11-5/h2-3H,1H3. The van der Waals surface area contributed by atoms with Gasteiger partial charge in [0.15, 0.2) is 11.3 Å². The van der Waals surface area contributed by atoms with E-state index in [4.69, 9.17) is 0 Å². The molecule has 2 nitrogen and oxygen atoms in total. The second-order valence-corrected chi connectivity index (χ2v) is 3.14. The first-order chi connectivity index (χ1) is 5.04. The lowest BCUT2D eigenvalue weighted by Crippen LogP contribution is -2.05. The topological polar surface area (TPSA) is 30.0 Å². The Morgan fingerprint density at radius 1 is 1.73 bits per heavy atom. The fraction of sp³-hybridized carbons (Fsp3) is 0.333. The van der Waals surface area contributed by atoms with E-state index in [0.29, 0.717) is 17.6 Å². The number of carbonyl (C=O) groups is 1. The van der Waals surface area contributed by atoms with Gasteiger partial charge >= 0.3 is 0 Å². The molecule has 0 aliphatic carbocycles. The summed E-state index contributed by atoms with van der Waals surface area (Å²) in [5.74, 6) is -2.94. The smallest absolute Gasteiger partial charge is 0.296 e. The van der Waals surface area contributed by atoms with Crippen molar-refractivity contribution in [2.45, 2.75) is 12.8 Å². The quantitative estimate of drug-likeness (QED) is 0.647. The van der Waals surface area contributed by atoms with Gasteiger partial charge in [0.2, 0.25) is 0 Å². The van der Waals surface area contributed by atoms with Gasteiger partial charge in [0.05, 0.1) is 4.88 Å². The van der Waals surface area contributed by atoms with Crippen molar-refractivity contribution < 1.29 is 13.6 Å². The van der Waals surface area contributed by atoms with Crippen molar-refractivity contribution in [1.29, 1.82) is 0 Å². The first-order valence-electron chi connectivity index (χ1n) is 2.83. The first-order valence-corrected chi connectivity index (χ1v) is 3.65. The Balaban J connectivity index is 2.98. The lowest BCUT2D eigenvalue weighted by molar-refractivity contribution is 0.0172. The molecule has 0 atom stereocenters. The number of hydrogen-bond donors (Lipinski definition) is 0. The van der Waals surface area contributed by atoms with Gasteiger partial charge in [-0.1, -0.05) is 0 Å². The predicted molar refractivity (Wildman–Crippen MR) is 37.1 cm³/mol. The van der Waals surface area contributed by atoms with Crippen LogP contribution in [-0.4, -0.2) is 11.3 Å². The minimum absolute atomic E-state index is 0.224. The Labute approximate surface area is 65.9 Å². The van der Waals surface area contributed by atoms with Gasteiger partial charge in [-0.05, 0) is 0 Å². The largest absolute Gasteiger partial charge is 0.297 e. The van der Waals surface area contributed by atoms with Crippen molar-refractivity contribution >= 4 is 17.6 Å². The van der Waals surface area contributed by atoms with Crippen LogP contribution in [0.15, 0.2) is 6.20 Å². The van der Waals surface area contributed by atoms with E-state index in [1.165, 1.54) is 0 Å².